The lowest BCUT2D eigenvalue weighted by molar-refractivity contribution is 0.110. The van der Waals surface area contributed by atoms with Gasteiger partial charge in [-0.25, -0.2) is 4.79 Å². The van der Waals surface area contributed by atoms with E-state index in [-0.39, 0.29) is 12.1 Å². The van der Waals surface area contributed by atoms with E-state index in [1.165, 1.54) is 0 Å². The topological polar surface area (TPSA) is 76.6 Å². The van der Waals surface area contributed by atoms with Crippen LogP contribution in [0.4, 0.5) is 10.5 Å². The lowest BCUT2D eigenvalue weighted by atomic mass is 10.1. The maximum atomic E-state index is 12.3. The Labute approximate surface area is 140 Å². The van der Waals surface area contributed by atoms with Crippen molar-refractivity contribution >= 4 is 11.7 Å². The molecule has 0 bridgehead atoms. The zero-order chi connectivity index (χ0) is 16.8. The first-order valence-electron chi connectivity index (χ1n) is 7.89. The van der Waals surface area contributed by atoms with Gasteiger partial charge in [-0.1, -0.05) is 6.07 Å². The van der Waals surface area contributed by atoms with Crippen LogP contribution in [0.5, 0.6) is 11.6 Å². The molecule has 0 aliphatic carbocycles. The van der Waals surface area contributed by atoms with Gasteiger partial charge < -0.3 is 19.7 Å². The van der Waals surface area contributed by atoms with Gasteiger partial charge in [0.25, 0.3) is 0 Å². The third kappa shape index (κ3) is 4.13. The fourth-order valence-electron chi connectivity index (χ4n) is 2.60. The molecule has 1 aromatic carbocycles. The van der Waals surface area contributed by atoms with Crippen molar-refractivity contribution in [1.82, 2.24) is 15.1 Å². The maximum absolute atomic E-state index is 12.3. The van der Waals surface area contributed by atoms with Crippen molar-refractivity contribution in [2.24, 2.45) is 0 Å². The second kappa shape index (κ2) is 7.63. The van der Waals surface area contributed by atoms with Crippen molar-refractivity contribution in [3.63, 3.8) is 0 Å². The second-order valence-electron chi connectivity index (χ2n) is 5.53. The summed E-state index contributed by atoms with van der Waals surface area (Å²) in [6.45, 7) is 1.28. The summed E-state index contributed by atoms with van der Waals surface area (Å²) in [5.74, 6) is 1.24. The SMILES string of the molecule is COc1cccc(NC(=O)N2CCC(Oc3cccnn3)CC2)c1. The first-order valence-corrected chi connectivity index (χ1v) is 7.89. The van der Waals surface area contributed by atoms with Crippen LogP contribution in [-0.4, -0.2) is 47.4 Å². The van der Waals surface area contributed by atoms with E-state index in [1.807, 2.05) is 18.2 Å². The van der Waals surface area contributed by atoms with Gasteiger partial charge in [0.2, 0.25) is 5.88 Å². The average Bonchev–Trinajstić information content (AvgIpc) is 2.63. The van der Waals surface area contributed by atoms with E-state index in [1.54, 1.807) is 36.4 Å². The Morgan fingerprint density at radius 2 is 2.08 bits per heavy atom. The minimum absolute atomic E-state index is 0.0579. The Morgan fingerprint density at radius 3 is 2.79 bits per heavy atom. The highest BCUT2D eigenvalue weighted by atomic mass is 16.5. The molecule has 0 unspecified atom stereocenters. The second-order valence-corrected chi connectivity index (χ2v) is 5.53. The third-order valence-electron chi connectivity index (χ3n) is 3.89. The summed E-state index contributed by atoms with van der Waals surface area (Å²) in [7, 11) is 1.60. The van der Waals surface area contributed by atoms with E-state index < -0.39 is 0 Å². The average molecular weight is 328 g/mol. The van der Waals surface area contributed by atoms with E-state index in [2.05, 4.69) is 15.5 Å². The van der Waals surface area contributed by atoms with E-state index >= 15 is 0 Å². The zero-order valence-electron chi connectivity index (χ0n) is 13.5. The fraction of sp³-hybridized carbons (Fsp3) is 0.353. The first kappa shape index (κ1) is 16.0. The van der Waals surface area contributed by atoms with Gasteiger partial charge in [0.15, 0.2) is 0 Å². The standard InChI is InChI=1S/C17H20N4O3/c1-23-15-5-2-4-13(12-15)19-17(22)21-10-7-14(8-11-21)24-16-6-3-9-18-20-16/h2-6,9,12,14H,7-8,10-11H2,1H3,(H,19,22). The lowest BCUT2D eigenvalue weighted by Crippen LogP contribution is -2.43. The molecule has 7 nitrogen and oxygen atoms in total. The van der Waals surface area contributed by atoms with Crippen LogP contribution in [0, 0.1) is 0 Å². The number of methoxy groups -OCH3 is 1. The number of carbonyl (C=O) groups is 1. The zero-order valence-corrected chi connectivity index (χ0v) is 13.5. The van der Waals surface area contributed by atoms with Crippen LogP contribution < -0.4 is 14.8 Å². The van der Waals surface area contributed by atoms with Gasteiger partial charge in [-0.05, 0) is 18.2 Å². The summed E-state index contributed by atoms with van der Waals surface area (Å²) < 4.78 is 10.9. The molecule has 1 aromatic heterocycles. The number of urea groups is 1. The Morgan fingerprint density at radius 1 is 1.25 bits per heavy atom. The highest BCUT2D eigenvalue weighted by Gasteiger charge is 2.24. The van der Waals surface area contributed by atoms with E-state index in [9.17, 15) is 4.79 Å². The molecule has 1 saturated heterocycles. The summed E-state index contributed by atoms with van der Waals surface area (Å²) in [6.07, 6.45) is 3.20. The number of hydrogen-bond donors (Lipinski definition) is 1. The minimum Gasteiger partial charge on any atom is -0.497 e. The van der Waals surface area contributed by atoms with Crippen molar-refractivity contribution in [3.05, 3.63) is 42.6 Å². The number of piperidine rings is 1. The van der Waals surface area contributed by atoms with Crippen molar-refractivity contribution in [2.75, 3.05) is 25.5 Å². The summed E-state index contributed by atoms with van der Waals surface area (Å²) >= 11 is 0. The monoisotopic (exact) mass is 328 g/mol. The van der Waals surface area contributed by atoms with E-state index in [4.69, 9.17) is 9.47 Å². The van der Waals surface area contributed by atoms with E-state index in [0.29, 0.717) is 24.7 Å². The predicted octanol–water partition coefficient (Wildman–Crippen LogP) is 2.56. The van der Waals surface area contributed by atoms with Crippen LogP contribution in [0.15, 0.2) is 42.6 Å². The number of carbonyl (C=O) groups excluding carboxylic acids is 1. The van der Waals surface area contributed by atoms with Crippen LogP contribution in [0.3, 0.4) is 0 Å². The molecule has 1 aliphatic rings. The molecule has 0 saturated carbocycles. The number of rotatable bonds is 4. The van der Waals surface area contributed by atoms with Crippen LogP contribution in [-0.2, 0) is 0 Å². The Hall–Kier alpha value is -2.83. The Kier molecular flexibility index (Phi) is 5.10. The van der Waals surface area contributed by atoms with Crippen LogP contribution in [0.2, 0.25) is 0 Å². The van der Waals surface area contributed by atoms with Gasteiger partial charge in [0.1, 0.15) is 11.9 Å². The predicted molar refractivity (Wildman–Crippen MR) is 89.3 cm³/mol. The Balaban J connectivity index is 1.49. The van der Waals surface area contributed by atoms with Gasteiger partial charge in [0.05, 0.1) is 7.11 Å². The molecular weight excluding hydrogens is 308 g/mol. The number of nitrogens with one attached hydrogen (secondary N) is 1. The van der Waals surface area contributed by atoms with Crippen molar-refractivity contribution < 1.29 is 14.3 Å². The molecule has 1 fully saturated rings. The molecular formula is C17H20N4O3. The quantitative estimate of drug-likeness (QED) is 0.933. The number of likely N-dealkylation sites (tertiary alicyclic amines) is 1. The molecule has 7 heteroatoms. The number of nitrogens with zero attached hydrogens (tertiary/aromatic N) is 3. The summed E-state index contributed by atoms with van der Waals surface area (Å²) in [5.41, 5.74) is 0.720. The summed E-state index contributed by atoms with van der Waals surface area (Å²) in [4.78, 5) is 14.1. The Bertz CT molecular complexity index is 673. The molecule has 3 rings (SSSR count). The molecule has 0 radical (unpaired) electrons. The molecule has 0 atom stereocenters. The van der Waals surface area contributed by atoms with Crippen molar-refractivity contribution in [3.8, 4) is 11.6 Å². The largest absolute Gasteiger partial charge is 0.497 e. The molecule has 2 heterocycles. The molecule has 126 valence electrons. The van der Waals surface area contributed by atoms with Gasteiger partial charge in [-0.2, -0.15) is 5.10 Å². The lowest BCUT2D eigenvalue weighted by Gasteiger charge is -2.31. The number of anilines is 1. The summed E-state index contributed by atoms with van der Waals surface area (Å²) in [6, 6.07) is 10.8. The number of ether oxygens (including phenoxy) is 2. The highest BCUT2D eigenvalue weighted by Crippen LogP contribution is 2.19. The van der Waals surface area contributed by atoms with Crippen molar-refractivity contribution in [2.45, 2.75) is 18.9 Å². The number of amides is 2. The van der Waals surface area contributed by atoms with Gasteiger partial charge >= 0.3 is 6.03 Å². The number of hydrogen-bond acceptors (Lipinski definition) is 5. The minimum atomic E-state index is -0.110. The third-order valence-corrected chi connectivity index (χ3v) is 3.89. The smallest absolute Gasteiger partial charge is 0.321 e. The molecule has 0 spiro atoms. The maximum Gasteiger partial charge on any atom is 0.321 e. The fourth-order valence-corrected chi connectivity index (χ4v) is 2.60. The molecule has 2 aromatic rings. The highest BCUT2D eigenvalue weighted by molar-refractivity contribution is 5.89. The molecule has 24 heavy (non-hydrogen) atoms. The van der Waals surface area contributed by atoms with Gasteiger partial charge in [-0.15, -0.1) is 5.10 Å². The molecule has 1 N–H and O–H groups in total. The van der Waals surface area contributed by atoms with Gasteiger partial charge in [-0.3, -0.25) is 0 Å². The van der Waals surface area contributed by atoms with Crippen LogP contribution in [0.1, 0.15) is 12.8 Å². The van der Waals surface area contributed by atoms with Crippen LogP contribution in [0.25, 0.3) is 0 Å². The normalized spacial score (nSPS) is 15.0. The van der Waals surface area contributed by atoms with Crippen LogP contribution >= 0.6 is 0 Å². The first-order chi connectivity index (χ1) is 11.7. The summed E-state index contributed by atoms with van der Waals surface area (Å²) in [5, 5.41) is 10.6. The number of benzene rings is 1. The van der Waals surface area contributed by atoms with E-state index in [0.717, 1.165) is 18.5 Å². The molecule has 2 amide bonds. The number of aromatic nitrogens is 2. The van der Waals surface area contributed by atoms with Gasteiger partial charge in [0, 0.05) is 49.9 Å². The molecule has 1 aliphatic heterocycles. The van der Waals surface area contributed by atoms with Crippen molar-refractivity contribution in [1.29, 1.82) is 0 Å².